The van der Waals surface area contributed by atoms with Crippen LogP contribution < -0.4 is 5.32 Å². The zero-order valence-electron chi connectivity index (χ0n) is 12.6. The molecule has 2 heterocycles. The van der Waals surface area contributed by atoms with Crippen LogP contribution in [0.2, 0.25) is 0 Å². The van der Waals surface area contributed by atoms with Crippen LogP contribution in [0, 0.1) is 6.92 Å². The molecule has 0 saturated heterocycles. The van der Waals surface area contributed by atoms with Gasteiger partial charge in [0.1, 0.15) is 5.75 Å². The second kappa shape index (κ2) is 6.54. The van der Waals surface area contributed by atoms with E-state index in [0.717, 1.165) is 10.4 Å². The van der Waals surface area contributed by atoms with Gasteiger partial charge in [-0.3, -0.25) is 10.1 Å². The molecule has 24 heavy (non-hydrogen) atoms. The van der Waals surface area contributed by atoms with Gasteiger partial charge in [-0.15, -0.1) is 16.4 Å². The lowest BCUT2D eigenvalue weighted by Crippen LogP contribution is -2.23. The molecule has 1 aromatic carbocycles. The monoisotopic (exact) mass is 363 g/mol. The van der Waals surface area contributed by atoms with E-state index in [-0.39, 0.29) is 16.8 Å². The van der Waals surface area contributed by atoms with Gasteiger partial charge in [0, 0.05) is 0 Å². The number of anilines is 1. The number of benzene rings is 1. The molecule has 1 amide bonds. The molecule has 0 aliphatic heterocycles. The Morgan fingerprint density at radius 3 is 2.62 bits per heavy atom. The second-order valence-electron chi connectivity index (χ2n) is 5.01. The average Bonchev–Trinajstić information content (AvgIpc) is 3.17. The fraction of sp³-hybridized carbons (Fsp3) is 0.133. The van der Waals surface area contributed by atoms with Crippen molar-refractivity contribution in [2.24, 2.45) is 0 Å². The van der Waals surface area contributed by atoms with Crippen molar-refractivity contribution in [1.29, 1.82) is 0 Å². The number of nitrogens with zero attached hydrogens (tertiary/aromatic N) is 2. The Bertz CT molecular complexity index is 945. The maximum absolute atomic E-state index is 12.2. The average molecular weight is 363 g/mol. The first-order valence-electron chi connectivity index (χ1n) is 6.91. The third-order valence-electron chi connectivity index (χ3n) is 3.10. The van der Waals surface area contributed by atoms with Gasteiger partial charge >= 0.3 is 6.01 Å². The van der Waals surface area contributed by atoms with Crippen molar-refractivity contribution in [3.8, 4) is 10.8 Å². The van der Waals surface area contributed by atoms with Crippen molar-refractivity contribution >= 4 is 33.1 Å². The lowest BCUT2D eigenvalue weighted by molar-refractivity contribution is -0.114. The summed E-state index contributed by atoms with van der Waals surface area (Å²) in [5, 5.41) is 11.7. The largest absolute Gasteiger partial charge is 0.402 e. The van der Waals surface area contributed by atoms with Crippen molar-refractivity contribution in [1.82, 2.24) is 10.2 Å². The van der Waals surface area contributed by atoms with Crippen molar-refractivity contribution in [3.05, 3.63) is 47.3 Å². The third kappa shape index (κ3) is 3.69. The maximum Gasteiger partial charge on any atom is 0.322 e. The predicted molar refractivity (Wildman–Crippen MR) is 89.5 cm³/mol. The molecule has 0 spiro atoms. The number of carbonyl (C=O) groups is 1. The molecule has 3 aromatic rings. The van der Waals surface area contributed by atoms with E-state index in [2.05, 4.69) is 15.5 Å². The number of hydrogen-bond donors (Lipinski definition) is 1. The van der Waals surface area contributed by atoms with Crippen LogP contribution in [0.5, 0.6) is 0 Å². The van der Waals surface area contributed by atoms with Gasteiger partial charge in [-0.2, -0.15) is 0 Å². The van der Waals surface area contributed by atoms with Gasteiger partial charge in [0.25, 0.3) is 5.89 Å². The van der Waals surface area contributed by atoms with Gasteiger partial charge < -0.3 is 4.42 Å². The van der Waals surface area contributed by atoms with Crippen LogP contribution in [0.4, 0.5) is 6.01 Å². The molecule has 9 heteroatoms. The summed E-state index contributed by atoms with van der Waals surface area (Å²) in [6.45, 7) is 1.85. The van der Waals surface area contributed by atoms with Crippen LogP contribution in [0.25, 0.3) is 10.8 Å². The summed E-state index contributed by atoms with van der Waals surface area (Å²) < 4.78 is 29.7. The molecule has 0 radical (unpaired) electrons. The molecule has 3 rings (SSSR count). The molecule has 7 nitrogen and oxygen atoms in total. The predicted octanol–water partition coefficient (Wildman–Crippen LogP) is 2.52. The molecule has 124 valence electrons. The van der Waals surface area contributed by atoms with Gasteiger partial charge in [0.05, 0.1) is 9.77 Å². The van der Waals surface area contributed by atoms with E-state index in [4.69, 9.17) is 4.42 Å². The van der Waals surface area contributed by atoms with E-state index < -0.39 is 21.5 Å². The molecular formula is C15H13N3O4S2. The maximum atomic E-state index is 12.2. The van der Waals surface area contributed by atoms with Crippen LogP contribution in [0.15, 0.2) is 51.1 Å². The van der Waals surface area contributed by atoms with Crippen molar-refractivity contribution in [3.63, 3.8) is 0 Å². The molecule has 0 fully saturated rings. The van der Waals surface area contributed by atoms with E-state index in [0.29, 0.717) is 0 Å². The number of amides is 1. The fourth-order valence-electron chi connectivity index (χ4n) is 1.93. The Morgan fingerprint density at radius 2 is 1.96 bits per heavy atom. The normalized spacial score (nSPS) is 11.4. The molecular weight excluding hydrogens is 350 g/mol. The number of carbonyl (C=O) groups excluding carboxylic acids is 1. The van der Waals surface area contributed by atoms with Crippen LogP contribution in [-0.2, 0) is 14.6 Å². The molecule has 1 N–H and O–H groups in total. The minimum Gasteiger partial charge on any atom is -0.402 e. The molecule has 0 aliphatic carbocycles. The summed E-state index contributed by atoms with van der Waals surface area (Å²) in [7, 11) is -3.73. The van der Waals surface area contributed by atoms with Crippen molar-refractivity contribution in [2.45, 2.75) is 11.8 Å². The highest BCUT2D eigenvalue weighted by Crippen LogP contribution is 2.24. The third-order valence-corrected chi connectivity index (χ3v) is 5.60. The lowest BCUT2D eigenvalue weighted by atomic mass is 10.2. The number of thiophene rings is 1. The van der Waals surface area contributed by atoms with Gasteiger partial charge in [0.2, 0.25) is 5.91 Å². The summed E-state index contributed by atoms with van der Waals surface area (Å²) in [6, 6.07) is 9.79. The van der Waals surface area contributed by atoms with E-state index in [1.54, 1.807) is 18.2 Å². The van der Waals surface area contributed by atoms with E-state index in [9.17, 15) is 13.2 Å². The molecule has 0 saturated carbocycles. The number of aryl methyl sites for hydroxylation is 1. The Morgan fingerprint density at radius 1 is 1.21 bits per heavy atom. The SMILES string of the molecule is Cc1ccc(S(=O)(=O)CC(=O)Nc2nnc(-c3cccs3)o2)cc1. The lowest BCUT2D eigenvalue weighted by Gasteiger charge is -2.04. The number of rotatable bonds is 5. The molecule has 2 aromatic heterocycles. The first kappa shape index (κ1) is 16.3. The van der Waals surface area contributed by atoms with Crippen LogP contribution in [0.1, 0.15) is 5.56 Å². The minimum absolute atomic E-state index is 0.0908. The highest BCUT2D eigenvalue weighted by Gasteiger charge is 2.21. The van der Waals surface area contributed by atoms with Crippen LogP contribution >= 0.6 is 11.3 Å². The quantitative estimate of drug-likeness (QED) is 0.747. The molecule has 0 atom stereocenters. The summed E-state index contributed by atoms with van der Waals surface area (Å²) in [6.07, 6.45) is 0. The van der Waals surface area contributed by atoms with Gasteiger partial charge in [-0.05, 0) is 30.5 Å². The summed E-state index contributed by atoms with van der Waals surface area (Å²) in [5.41, 5.74) is 0.936. The molecule has 0 aliphatic rings. The molecule has 0 unspecified atom stereocenters. The van der Waals surface area contributed by atoms with Crippen LogP contribution in [0.3, 0.4) is 0 Å². The zero-order chi connectivity index (χ0) is 17.2. The number of nitrogens with one attached hydrogen (secondary N) is 1. The highest BCUT2D eigenvalue weighted by atomic mass is 32.2. The first-order chi connectivity index (χ1) is 11.4. The Hall–Kier alpha value is -2.52. The smallest absolute Gasteiger partial charge is 0.322 e. The van der Waals surface area contributed by atoms with Gasteiger partial charge in [-0.1, -0.05) is 28.9 Å². The minimum atomic E-state index is -3.73. The van der Waals surface area contributed by atoms with Gasteiger partial charge in [0.15, 0.2) is 9.84 Å². The Labute approximate surface area is 142 Å². The second-order valence-corrected chi connectivity index (χ2v) is 7.95. The molecule has 0 bridgehead atoms. The topological polar surface area (TPSA) is 102 Å². The van der Waals surface area contributed by atoms with Crippen molar-refractivity contribution < 1.29 is 17.6 Å². The van der Waals surface area contributed by atoms with E-state index in [1.165, 1.54) is 23.5 Å². The zero-order valence-corrected chi connectivity index (χ0v) is 14.2. The van der Waals surface area contributed by atoms with E-state index >= 15 is 0 Å². The summed E-state index contributed by atoms with van der Waals surface area (Å²) in [5.74, 6) is -1.18. The Balaban J connectivity index is 1.68. The number of aromatic nitrogens is 2. The Kier molecular flexibility index (Phi) is 4.45. The van der Waals surface area contributed by atoms with Gasteiger partial charge in [-0.25, -0.2) is 8.42 Å². The number of sulfone groups is 1. The van der Waals surface area contributed by atoms with Crippen molar-refractivity contribution in [2.75, 3.05) is 11.1 Å². The summed E-state index contributed by atoms with van der Waals surface area (Å²) in [4.78, 5) is 12.8. The number of hydrogen-bond acceptors (Lipinski definition) is 7. The van der Waals surface area contributed by atoms with E-state index in [1.807, 2.05) is 18.4 Å². The standard InChI is InChI=1S/C15H13N3O4S2/c1-10-4-6-11(7-5-10)24(20,21)9-13(19)16-15-18-17-14(22-15)12-3-2-8-23-12/h2-8H,9H2,1H3,(H,16,18,19). The highest BCUT2D eigenvalue weighted by molar-refractivity contribution is 7.92. The van der Waals surface area contributed by atoms with Crippen LogP contribution in [-0.4, -0.2) is 30.3 Å². The fourth-order valence-corrected chi connectivity index (χ4v) is 3.71. The summed E-state index contributed by atoms with van der Waals surface area (Å²) >= 11 is 1.41. The first-order valence-corrected chi connectivity index (χ1v) is 9.44.